The molecule has 1 aromatic carbocycles. The molecule has 0 aliphatic heterocycles. The average Bonchev–Trinajstić information content (AvgIpc) is 2.48. The standard InChI is InChI=1S/C16H25NO3/c1-19-16-8-7-13(11-15(16)18)12-17-9-10-20-14-5-3-2-4-6-14/h7-8,11,14,17-18H,2-6,9-10,12H2,1H3. The molecule has 1 fully saturated rings. The largest absolute Gasteiger partial charge is 0.504 e. The van der Waals surface area contributed by atoms with Gasteiger partial charge >= 0.3 is 0 Å². The molecule has 20 heavy (non-hydrogen) atoms. The van der Waals surface area contributed by atoms with Crippen LogP contribution in [0.4, 0.5) is 0 Å². The van der Waals surface area contributed by atoms with Gasteiger partial charge in [0, 0.05) is 13.1 Å². The molecule has 0 saturated heterocycles. The molecule has 2 N–H and O–H groups in total. The second-order valence-electron chi connectivity index (χ2n) is 5.31. The number of hydrogen-bond acceptors (Lipinski definition) is 4. The van der Waals surface area contributed by atoms with Crippen LogP contribution in [0.25, 0.3) is 0 Å². The Labute approximate surface area is 121 Å². The van der Waals surface area contributed by atoms with Crippen LogP contribution < -0.4 is 10.1 Å². The van der Waals surface area contributed by atoms with E-state index in [0.717, 1.165) is 25.3 Å². The van der Waals surface area contributed by atoms with Gasteiger partial charge in [-0.1, -0.05) is 25.3 Å². The van der Waals surface area contributed by atoms with E-state index >= 15 is 0 Å². The highest BCUT2D eigenvalue weighted by Gasteiger charge is 2.12. The molecule has 0 spiro atoms. The Morgan fingerprint density at radius 1 is 1.25 bits per heavy atom. The molecule has 0 atom stereocenters. The third-order valence-electron chi connectivity index (χ3n) is 3.76. The van der Waals surface area contributed by atoms with Crippen LogP contribution in [0.2, 0.25) is 0 Å². The Morgan fingerprint density at radius 3 is 2.75 bits per heavy atom. The number of phenols is 1. The first-order chi connectivity index (χ1) is 9.79. The van der Waals surface area contributed by atoms with Gasteiger partial charge in [0.1, 0.15) is 0 Å². The predicted molar refractivity (Wildman–Crippen MR) is 79.2 cm³/mol. The molecule has 1 aromatic rings. The molecular weight excluding hydrogens is 254 g/mol. The number of rotatable bonds is 7. The van der Waals surface area contributed by atoms with Crippen LogP contribution >= 0.6 is 0 Å². The number of methoxy groups -OCH3 is 1. The number of aromatic hydroxyl groups is 1. The summed E-state index contributed by atoms with van der Waals surface area (Å²) in [6, 6.07) is 5.46. The lowest BCUT2D eigenvalue weighted by atomic mass is 9.98. The van der Waals surface area contributed by atoms with Crippen LogP contribution in [0.15, 0.2) is 18.2 Å². The van der Waals surface area contributed by atoms with Crippen LogP contribution in [0.3, 0.4) is 0 Å². The van der Waals surface area contributed by atoms with Crippen molar-refractivity contribution in [3.63, 3.8) is 0 Å². The lowest BCUT2D eigenvalue weighted by Gasteiger charge is -2.22. The summed E-state index contributed by atoms with van der Waals surface area (Å²) in [6.45, 7) is 2.32. The lowest BCUT2D eigenvalue weighted by Crippen LogP contribution is -2.24. The minimum Gasteiger partial charge on any atom is -0.504 e. The fourth-order valence-electron chi connectivity index (χ4n) is 2.61. The van der Waals surface area contributed by atoms with Crippen molar-refractivity contribution in [2.24, 2.45) is 0 Å². The molecule has 1 aliphatic rings. The summed E-state index contributed by atoms with van der Waals surface area (Å²) in [7, 11) is 1.55. The summed E-state index contributed by atoms with van der Waals surface area (Å²) in [5, 5.41) is 13.0. The smallest absolute Gasteiger partial charge is 0.160 e. The summed E-state index contributed by atoms with van der Waals surface area (Å²) in [5.74, 6) is 0.694. The molecule has 4 nitrogen and oxygen atoms in total. The molecule has 1 aliphatic carbocycles. The van der Waals surface area contributed by atoms with Crippen molar-refractivity contribution in [2.45, 2.75) is 44.8 Å². The Balaban J connectivity index is 1.61. The van der Waals surface area contributed by atoms with E-state index in [0.29, 0.717) is 11.9 Å². The van der Waals surface area contributed by atoms with Crippen LogP contribution in [-0.4, -0.2) is 31.5 Å². The second-order valence-corrected chi connectivity index (χ2v) is 5.31. The molecule has 112 valence electrons. The maximum Gasteiger partial charge on any atom is 0.160 e. The molecule has 0 unspecified atom stereocenters. The fourth-order valence-corrected chi connectivity index (χ4v) is 2.61. The van der Waals surface area contributed by atoms with E-state index in [9.17, 15) is 5.11 Å². The Hall–Kier alpha value is -1.26. The van der Waals surface area contributed by atoms with Gasteiger partial charge in [0.15, 0.2) is 11.5 Å². The van der Waals surface area contributed by atoms with Crippen molar-refractivity contribution >= 4 is 0 Å². The number of nitrogens with one attached hydrogen (secondary N) is 1. The zero-order valence-electron chi connectivity index (χ0n) is 12.2. The molecule has 2 rings (SSSR count). The van der Waals surface area contributed by atoms with Gasteiger partial charge in [-0.15, -0.1) is 0 Å². The summed E-state index contributed by atoms with van der Waals surface area (Å²) in [4.78, 5) is 0. The third kappa shape index (κ3) is 4.69. The van der Waals surface area contributed by atoms with Gasteiger partial charge in [-0.05, 0) is 30.5 Å². The molecule has 0 bridgehead atoms. The number of phenolic OH excluding ortho intramolecular Hbond substituents is 1. The topological polar surface area (TPSA) is 50.7 Å². The molecule has 0 aromatic heterocycles. The van der Waals surface area contributed by atoms with Crippen molar-refractivity contribution < 1.29 is 14.6 Å². The van der Waals surface area contributed by atoms with Gasteiger partial charge < -0.3 is 19.9 Å². The molecule has 0 heterocycles. The van der Waals surface area contributed by atoms with Crippen molar-refractivity contribution in [2.75, 3.05) is 20.3 Å². The van der Waals surface area contributed by atoms with Crippen LogP contribution in [0, 0.1) is 0 Å². The first-order valence-corrected chi connectivity index (χ1v) is 7.48. The van der Waals surface area contributed by atoms with Crippen molar-refractivity contribution in [1.29, 1.82) is 0 Å². The minimum atomic E-state index is 0.185. The van der Waals surface area contributed by atoms with Gasteiger partial charge in [-0.25, -0.2) is 0 Å². The summed E-state index contributed by atoms with van der Waals surface area (Å²) >= 11 is 0. The Kier molecular flexibility index (Phi) is 6.15. The summed E-state index contributed by atoms with van der Waals surface area (Å²) < 4.78 is 10.9. The van der Waals surface area contributed by atoms with E-state index in [1.54, 1.807) is 19.2 Å². The van der Waals surface area contributed by atoms with Crippen molar-refractivity contribution in [3.8, 4) is 11.5 Å². The molecule has 4 heteroatoms. The van der Waals surface area contributed by atoms with Gasteiger partial charge in [-0.2, -0.15) is 0 Å². The quantitative estimate of drug-likeness (QED) is 0.754. The highest BCUT2D eigenvalue weighted by molar-refractivity contribution is 5.41. The van der Waals surface area contributed by atoms with E-state index < -0.39 is 0 Å². The fraction of sp³-hybridized carbons (Fsp3) is 0.625. The zero-order valence-corrected chi connectivity index (χ0v) is 12.2. The zero-order chi connectivity index (χ0) is 14.2. The summed E-state index contributed by atoms with van der Waals surface area (Å²) in [5.41, 5.74) is 1.04. The molecule has 0 radical (unpaired) electrons. The predicted octanol–water partition coefficient (Wildman–Crippen LogP) is 2.84. The highest BCUT2D eigenvalue weighted by Crippen LogP contribution is 2.26. The van der Waals surface area contributed by atoms with Crippen LogP contribution in [0.1, 0.15) is 37.7 Å². The van der Waals surface area contributed by atoms with Crippen molar-refractivity contribution in [3.05, 3.63) is 23.8 Å². The third-order valence-corrected chi connectivity index (χ3v) is 3.76. The average molecular weight is 279 g/mol. The number of ether oxygens (including phenoxy) is 2. The normalized spacial score (nSPS) is 16.2. The second kappa shape index (κ2) is 8.12. The first kappa shape index (κ1) is 15.1. The summed E-state index contributed by atoms with van der Waals surface area (Å²) in [6.07, 6.45) is 6.88. The molecule has 1 saturated carbocycles. The Morgan fingerprint density at radius 2 is 2.05 bits per heavy atom. The van der Waals surface area contributed by atoms with E-state index in [1.807, 2.05) is 6.07 Å². The van der Waals surface area contributed by atoms with Gasteiger partial charge in [0.05, 0.1) is 19.8 Å². The van der Waals surface area contributed by atoms with E-state index in [1.165, 1.54) is 32.1 Å². The van der Waals surface area contributed by atoms with E-state index in [4.69, 9.17) is 9.47 Å². The van der Waals surface area contributed by atoms with E-state index in [2.05, 4.69) is 5.32 Å². The van der Waals surface area contributed by atoms with Crippen LogP contribution in [-0.2, 0) is 11.3 Å². The van der Waals surface area contributed by atoms with Gasteiger partial charge in [0.25, 0.3) is 0 Å². The number of hydrogen-bond donors (Lipinski definition) is 2. The first-order valence-electron chi connectivity index (χ1n) is 7.48. The van der Waals surface area contributed by atoms with Gasteiger partial charge in [0.2, 0.25) is 0 Å². The SMILES string of the molecule is COc1ccc(CNCCOC2CCCCC2)cc1O. The molecular formula is C16H25NO3. The molecule has 0 amide bonds. The van der Waals surface area contributed by atoms with Crippen LogP contribution in [0.5, 0.6) is 11.5 Å². The minimum absolute atomic E-state index is 0.185. The van der Waals surface area contributed by atoms with E-state index in [-0.39, 0.29) is 5.75 Å². The monoisotopic (exact) mass is 279 g/mol. The number of benzene rings is 1. The van der Waals surface area contributed by atoms with Crippen molar-refractivity contribution in [1.82, 2.24) is 5.32 Å². The van der Waals surface area contributed by atoms with Gasteiger partial charge in [-0.3, -0.25) is 0 Å². The highest BCUT2D eigenvalue weighted by atomic mass is 16.5. The lowest BCUT2D eigenvalue weighted by molar-refractivity contribution is 0.0302. The maximum absolute atomic E-state index is 9.69. The Bertz CT molecular complexity index is 403. The maximum atomic E-state index is 9.69.